The van der Waals surface area contributed by atoms with Gasteiger partial charge in [0.05, 0.1) is 23.6 Å². The van der Waals surface area contributed by atoms with E-state index in [4.69, 9.17) is 5.84 Å². The molecule has 0 radical (unpaired) electrons. The lowest BCUT2D eigenvalue weighted by atomic mass is 9.97. The summed E-state index contributed by atoms with van der Waals surface area (Å²) in [4.78, 5) is 0. The fraction of sp³-hybridized carbons (Fsp3) is 0.385. The van der Waals surface area contributed by atoms with E-state index in [1.54, 1.807) is 6.20 Å². The van der Waals surface area contributed by atoms with Crippen molar-refractivity contribution in [3.63, 3.8) is 0 Å². The van der Waals surface area contributed by atoms with Crippen LogP contribution in [-0.2, 0) is 0 Å². The first kappa shape index (κ1) is 12.7. The van der Waals surface area contributed by atoms with Gasteiger partial charge in [-0.1, -0.05) is 43.7 Å². The molecule has 5 heteroatoms. The molecule has 3 N–H and O–H groups in total. The Morgan fingerprint density at radius 1 is 1.33 bits per heavy atom. The summed E-state index contributed by atoms with van der Waals surface area (Å²) in [5, 5.41) is 8.14. The summed E-state index contributed by atoms with van der Waals surface area (Å²) >= 11 is 0. The third-order valence-electron chi connectivity index (χ3n) is 3.29. The number of para-hydroxylation sites is 1. The molecule has 0 bridgehead atoms. The number of rotatable bonds is 5. The molecule has 0 aliphatic rings. The molecule has 2 atom stereocenters. The number of nitrogens with two attached hydrogens (primary N) is 1. The Labute approximate surface area is 107 Å². The molecule has 1 heterocycles. The minimum Gasteiger partial charge on any atom is -0.271 e. The number of hydrazine groups is 1. The SMILES string of the molecule is CCC(C)C(NN)c1cnnn1-c1ccccc1. The van der Waals surface area contributed by atoms with Gasteiger partial charge in [-0.2, -0.15) is 0 Å². The van der Waals surface area contributed by atoms with E-state index in [1.165, 1.54) is 0 Å². The first-order chi connectivity index (χ1) is 8.77. The Hall–Kier alpha value is -1.72. The summed E-state index contributed by atoms with van der Waals surface area (Å²) in [5.74, 6) is 6.08. The van der Waals surface area contributed by atoms with Crippen molar-refractivity contribution in [2.75, 3.05) is 0 Å². The topological polar surface area (TPSA) is 68.8 Å². The van der Waals surface area contributed by atoms with Crippen molar-refractivity contribution in [2.45, 2.75) is 26.3 Å². The number of hydrogen-bond donors (Lipinski definition) is 2. The van der Waals surface area contributed by atoms with Gasteiger partial charge >= 0.3 is 0 Å². The van der Waals surface area contributed by atoms with Crippen LogP contribution in [-0.4, -0.2) is 15.0 Å². The maximum absolute atomic E-state index is 5.67. The normalized spacial score (nSPS) is 14.4. The van der Waals surface area contributed by atoms with Gasteiger partial charge in [0.15, 0.2) is 0 Å². The molecule has 0 aliphatic heterocycles. The summed E-state index contributed by atoms with van der Waals surface area (Å²) in [5.41, 5.74) is 4.84. The molecule has 2 unspecified atom stereocenters. The fourth-order valence-corrected chi connectivity index (χ4v) is 2.00. The second-order valence-electron chi connectivity index (χ2n) is 4.44. The molecule has 18 heavy (non-hydrogen) atoms. The monoisotopic (exact) mass is 245 g/mol. The Morgan fingerprint density at radius 2 is 2.06 bits per heavy atom. The second kappa shape index (κ2) is 5.75. The number of nitrogens with one attached hydrogen (secondary N) is 1. The molecule has 1 aromatic carbocycles. The summed E-state index contributed by atoms with van der Waals surface area (Å²) in [6.45, 7) is 4.30. The minimum absolute atomic E-state index is 0.0465. The predicted molar refractivity (Wildman–Crippen MR) is 70.9 cm³/mol. The maximum atomic E-state index is 5.67. The van der Waals surface area contributed by atoms with Crippen LogP contribution in [0.1, 0.15) is 32.0 Å². The van der Waals surface area contributed by atoms with E-state index < -0.39 is 0 Å². The van der Waals surface area contributed by atoms with Crippen molar-refractivity contribution in [3.05, 3.63) is 42.2 Å². The quantitative estimate of drug-likeness (QED) is 0.622. The summed E-state index contributed by atoms with van der Waals surface area (Å²) < 4.78 is 1.83. The first-order valence-corrected chi connectivity index (χ1v) is 6.20. The van der Waals surface area contributed by atoms with Crippen molar-refractivity contribution in [2.24, 2.45) is 11.8 Å². The molecule has 2 aromatic rings. The molecule has 5 nitrogen and oxygen atoms in total. The fourth-order valence-electron chi connectivity index (χ4n) is 2.00. The van der Waals surface area contributed by atoms with E-state index in [2.05, 4.69) is 29.6 Å². The van der Waals surface area contributed by atoms with E-state index in [0.717, 1.165) is 17.8 Å². The molecule has 1 aromatic heterocycles. The van der Waals surface area contributed by atoms with Crippen LogP contribution in [0, 0.1) is 5.92 Å². The van der Waals surface area contributed by atoms with Gasteiger partial charge in [0.25, 0.3) is 0 Å². The van der Waals surface area contributed by atoms with Crippen molar-refractivity contribution in [1.29, 1.82) is 0 Å². The third-order valence-corrected chi connectivity index (χ3v) is 3.29. The highest BCUT2D eigenvalue weighted by molar-refractivity contribution is 5.32. The highest BCUT2D eigenvalue weighted by Crippen LogP contribution is 2.24. The number of benzene rings is 1. The van der Waals surface area contributed by atoms with Crippen LogP contribution in [0.2, 0.25) is 0 Å². The molecule has 0 aliphatic carbocycles. The van der Waals surface area contributed by atoms with Crippen LogP contribution in [0.4, 0.5) is 0 Å². The van der Waals surface area contributed by atoms with Crippen molar-refractivity contribution in [3.8, 4) is 5.69 Å². The Kier molecular flexibility index (Phi) is 4.07. The number of hydrogen-bond acceptors (Lipinski definition) is 4. The van der Waals surface area contributed by atoms with Crippen LogP contribution in [0.3, 0.4) is 0 Å². The van der Waals surface area contributed by atoms with Crippen LogP contribution in [0.5, 0.6) is 0 Å². The lowest BCUT2D eigenvalue weighted by Crippen LogP contribution is -2.33. The zero-order chi connectivity index (χ0) is 13.0. The van der Waals surface area contributed by atoms with E-state index in [-0.39, 0.29) is 6.04 Å². The minimum atomic E-state index is 0.0465. The van der Waals surface area contributed by atoms with E-state index in [1.807, 2.05) is 35.0 Å². The van der Waals surface area contributed by atoms with E-state index in [0.29, 0.717) is 5.92 Å². The van der Waals surface area contributed by atoms with Crippen LogP contribution >= 0.6 is 0 Å². The standard InChI is InChI=1S/C13H19N5/c1-3-10(2)13(16-14)12-9-15-17-18(12)11-7-5-4-6-8-11/h4-10,13,16H,3,14H2,1-2H3. The molecular weight excluding hydrogens is 226 g/mol. The number of nitrogens with zero attached hydrogens (tertiary/aromatic N) is 3. The molecule has 2 rings (SSSR count). The average molecular weight is 245 g/mol. The lowest BCUT2D eigenvalue weighted by Gasteiger charge is -2.22. The van der Waals surface area contributed by atoms with Gasteiger partial charge in [0.1, 0.15) is 0 Å². The summed E-state index contributed by atoms with van der Waals surface area (Å²) in [6.07, 6.45) is 2.80. The second-order valence-corrected chi connectivity index (χ2v) is 4.44. The van der Waals surface area contributed by atoms with E-state index >= 15 is 0 Å². The maximum Gasteiger partial charge on any atom is 0.0831 e. The predicted octanol–water partition coefficient (Wildman–Crippen LogP) is 1.82. The van der Waals surface area contributed by atoms with Gasteiger partial charge in [0.2, 0.25) is 0 Å². The lowest BCUT2D eigenvalue weighted by molar-refractivity contribution is 0.369. The zero-order valence-corrected chi connectivity index (χ0v) is 10.7. The van der Waals surface area contributed by atoms with Gasteiger partial charge in [-0.15, -0.1) is 5.10 Å². The van der Waals surface area contributed by atoms with Gasteiger partial charge < -0.3 is 0 Å². The Bertz CT molecular complexity index is 479. The average Bonchev–Trinajstić information content (AvgIpc) is 2.89. The van der Waals surface area contributed by atoms with Crippen molar-refractivity contribution in [1.82, 2.24) is 20.4 Å². The molecular formula is C13H19N5. The highest BCUT2D eigenvalue weighted by Gasteiger charge is 2.21. The first-order valence-electron chi connectivity index (χ1n) is 6.20. The van der Waals surface area contributed by atoms with Crippen LogP contribution < -0.4 is 11.3 Å². The van der Waals surface area contributed by atoms with Gasteiger partial charge in [-0.3, -0.25) is 11.3 Å². The van der Waals surface area contributed by atoms with Crippen LogP contribution in [0.15, 0.2) is 36.5 Å². The number of aromatic nitrogens is 3. The highest BCUT2D eigenvalue weighted by atomic mass is 15.4. The molecule has 0 spiro atoms. The largest absolute Gasteiger partial charge is 0.271 e. The van der Waals surface area contributed by atoms with Gasteiger partial charge in [-0.25, -0.2) is 4.68 Å². The molecule has 0 amide bonds. The van der Waals surface area contributed by atoms with E-state index in [9.17, 15) is 0 Å². The van der Waals surface area contributed by atoms with Crippen LogP contribution in [0.25, 0.3) is 5.69 Å². The van der Waals surface area contributed by atoms with Crippen molar-refractivity contribution >= 4 is 0 Å². The zero-order valence-electron chi connectivity index (χ0n) is 10.7. The molecule has 96 valence electrons. The summed E-state index contributed by atoms with van der Waals surface area (Å²) in [7, 11) is 0. The summed E-state index contributed by atoms with van der Waals surface area (Å²) in [6, 6.07) is 9.99. The Morgan fingerprint density at radius 3 is 2.67 bits per heavy atom. The molecule has 0 saturated heterocycles. The van der Waals surface area contributed by atoms with Gasteiger partial charge in [0, 0.05) is 0 Å². The Balaban J connectivity index is 2.38. The third kappa shape index (κ3) is 2.42. The van der Waals surface area contributed by atoms with Crippen molar-refractivity contribution < 1.29 is 0 Å². The molecule has 0 saturated carbocycles. The smallest absolute Gasteiger partial charge is 0.0831 e. The molecule has 0 fully saturated rings. The van der Waals surface area contributed by atoms with Gasteiger partial charge in [-0.05, 0) is 18.1 Å².